The molecule has 1 aliphatic rings. The lowest BCUT2D eigenvalue weighted by atomic mass is 10.1. The lowest BCUT2D eigenvalue weighted by molar-refractivity contribution is 0.0951. The first-order valence-corrected chi connectivity index (χ1v) is 11.7. The van der Waals surface area contributed by atoms with E-state index in [1.54, 1.807) is 36.7 Å². The zero-order valence-electron chi connectivity index (χ0n) is 18.3. The van der Waals surface area contributed by atoms with Crippen molar-refractivity contribution in [2.24, 2.45) is 5.92 Å². The van der Waals surface area contributed by atoms with Crippen LogP contribution in [0.15, 0.2) is 48.8 Å². The van der Waals surface area contributed by atoms with E-state index in [1.165, 1.54) is 16.2 Å². The summed E-state index contributed by atoms with van der Waals surface area (Å²) in [4.78, 5) is 31.2. The molecule has 2 aromatic heterocycles. The van der Waals surface area contributed by atoms with E-state index in [-0.39, 0.29) is 11.8 Å². The summed E-state index contributed by atoms with van der Waals surface area (Å²) in [6.45, 7) is 5.20. The fraction of sp³-hybridized carbons (Fsp3) is 0.320. The van der Waals surface area contributed by atoms with Crippen LogP contribution in [-0.4, -0.2) is 23.4 Å². The largest absolute Gasteiger partial charge is 0.493 e. The third kappa shape index (κ3) is 5.16. The average molecular weight is 450 g/mol. The molecule has 0 bridgehead atoms. The fourth-order valence-corrected chi connectivity index (χ4v) is 4.93. The maximum Gasteiger partial charge on any atom is 0.256 e. The van der Waals surface area contributed by atoms with Crippen molar-refractivity contribution < 1.29 is 14.3 Å². The summed E-state index contributed by atoms with van der Waals surface area (Å²) >= 11 is 1.51. The van der Waals surface area contributed by atoms with Gasteiger partial charge in [-0.05, 0) is 66.6 Å². The summed E-state index contributed by atoms with van der Waals surface area (Å²) in [5.74, 6) is 0.768. The normalized spacial score (nSPS) is 12.5. The number of hydrogen-bond acceptors (Lipinski definition) is 5. The molecule has 32 heavy (non-hydrogen) atoms. The van der Waals surface area contributed by atoms with Crippen molar-refractivity contribution in [2.45, 2.75) is 39.7 Å². The molecule has 0 fully saturated rings. The Morgan fingerprint density at radius 3 is 2.66 bits per heavy atom. The van der Waals surface area contributed by atoms with Gasteiger partial charge in [0.2, 0.25) is 0 Å². The van der Waals surface area contributed by atoms with E-state index in [4.69, 9.17) is 4.74 Å². The molecule has 2 heterocycles. The number of anilines is 1. The fourth-order valence-electron chi connectivity index (χ4n) is 3.65. The molecule has 0 unspecified atom stereocenters. The molecule has 0 radical (unpaired) electrons. The van der Waals surface area contributed by atoms with Crippen molar-refractivity contribution in [1.82, 2.24) is 10.3 Å². The Labute approximate surface area is 192 Å². The minimum absolute atomic E-state index is 0.166. The highest BCUT2D eigenvalue weighted by Crippen LogP contribution is 2.39. The van der Waals surface area contributed by atoms with Gasteiger partial charge in [0.25, 0.3) is 11.8 Å². The molecule has 0 saturated heterocycles. The zero-order chi connectivity index (χ0) is 22.5. The summed E-state index contributed by atoms with van der Waals surface area (Å²) in [5, 5.41) is 6.56. The first kappa shape index (κ1) is 22.0. The number of pyridine rings is 1. The van der Waals surface area contributed by atoms with E-state index >= 15 is 0 Å². The van der Waals surface area contributed by atoms with Crippen molar-refractivity contribution in [3.8, 4) is 5.75 Å². The van der Waals surface area contributed by atoms with Crippen LogP contribution in [0.2, 0.25) is 0 Å². The molecule has 166 valence electrons. The third-order valence-corrected chi connectivity index (χ3v) is 6.46. The number of nitrogens with one attached hydrogen (secondary N) is 2. The number of carbonyl (C=O) groups excluding carboxylic acids is 2. The van der Waals surface area contributed by atoms with Crippen LogP contribution >= 0.6 is 11.3 Å². The topological polar surface area (TPSA) is 80.3 Å². The number of hydrogen-bond donors (Lipinski definition) is 2. The van der Waals surface area contributed by atoms with Gasteiger partial charge in [-0.1, -0.05) is 19.9 Å². The molecule has 0 aliphatic heterocycles. The van der Waals surface area contributed by atoms with Gasteiger partial charge in [0, 0.05) is 29.4 Å². The van der Waals surface area contributed by atoms with Crippen molar-refractivity contribution in [2.75, 3.05) is 11.9 Å². The second kappa shape index (κ2) is 9.96. The molecule has 1 aromatic carbocycles. The standard InChI is InChI=1S/C25H27N3O3S/c1-16(2)15-31-19-10-8-18(9-11-19)23(29)28-25-22(20-6-3-7-21(20)32-25)24(30)27-14-17-5-4-12-26-13-17/h4-5,8-13,16H,3,6-7,14-15H2,1-2H3,(H,27,30)(H,28,29). The van der Waals surface area contributed by atoms with Crippen LogP contribution < -0.4 is 15.4 Å². The Hall–Kier alpha value is -3.19. The molecule has 2 amide bonds. The molecule has 0 atom stereocenters. The number of aryl methyl sites for hydroxylation is 1. The number of carbonyl (C=O) groups is 2. The van der Waals surface area contributed by atoms with E-state index in [1.807, 2.05) is 12.1 Å². The molecule has 4 rings (SSSR count). The highest BCUT2D eigenvalue weighted by molar-refractivity contribution is 7.17. The lowest BCUT2D eigenvalue weighted by Crippen LogP contribution is -2.25. The van der Waals surface area contributed by atoms with Crippen molar-refractivity contribution >= 4 is 28.2 Å². The highest BCUT2D eigenvalue weighted by Gasteiger charge is 2.27. The van der Waals surface area contributed by atoms with Gasteiger partial charge < -0.3 is 15.4 Å². The van der Waals surface area contributed by atoms with E-state index in [0.717, 1.165) is 36.1 Å². The van der Waals surface area contributed by atoms with E-state index < -0.39 is 0 Å². The van der Waals surface area contributed by atoms with Gasteiger partial charge in [0.1, 0.15) is 10.8 Å². The number of amides is 2. The van der Waals surface area contributed by atoms with Gasteiger partial charge in [-0.3, -0.25) is 14.6 Å². The summed E-state index contributed by atoms with van der Waals surface area (Å²) < 4.78 is 5.69. The van der Waals surface area contributed by atoms with Gasteiger partial charge in [-0.2, -0.15) is 0 Å². The minimum atomic E-state index is -0.235. The molecular formula is C25H27N3O3S. The minimum Gasteiger partial charge on any atom is -0.493 e. The van der Waals surface area contributed by atoms with Crippen LogP contribution in [0.1, 0.15) is 57.0 Å². The predicted octanol–water partition coefficient (Wildman–Crippen LogP) is 4.85. The number of thiophene rings is 1. The lowest BCUT2D eigenvalue weighted by Gasteiger charge is -2.11. The number of nitrogens with zero attached hydrogens (tertiary/aromatic N) is 1. The van der Waals surface area contributed by atoms with Crippen molar-refractivity contribution in [3.05, 3.63) is 75.9 Å². The van der Waals surface area contributed by atoms with Crippen LogP contribution in [0.4, 0.5) is 5.00 Å². The summed E-state index contributed by atoms with van der Waals surface area (Å²) in [7, 11) is 0. The molecule has 6 nitrogen and oxygen atoms in total. The smallest absolute Gasteiger partial charge is 0.256 e. The highest BCUT2D eigenvalue weighted by atomic mass is 32.1. The monoisotopic (exact) mass is 449 g/mol. The number of aromatic nitrogens is 1. The number of benzene rings is 1. The van der Waals surface area contributed by atoms with Gasteiger partial charge in [-0.15, -0.1) is 11.3 Å². The first-order chi connectivity index (χ1) is 15.5. The van der Waals surface area contributed by atoms with Gasteiger partial charge >= 0.3 is 0 Å². The molecular weight excluding hydrogens is 422 g/mol. The summed E-state index contributed by atoms with van der Waals surface area (Å²) in [6.07, 6.45) is 6.28. The third-order valence-electron chi connectivity index (χ3n) is 5.25. The Morgan fingerprint density at radius 2 is 1.94 bits per heavy atom. The SMILES string of the molecule is CC(C)COc1ccc(C(=O)Nc2sc3c(c2C(=O)NCc2cccnc2)CCC3)cc1. The van der Waals surface area contributed by atoms with Crippen molar-refractivity contribution in [3.63, 3.8) is 0 Å². The van der Waals surface area contributed by atoms with Crippen LogP contribution in [0.3, 0.4) is 0 Å². The molecule has 2 N–H and O–H groups in total. The van der Waals surface area contributed by atoms with E-state index in [2.05, 4.69) is 29.5 Å². The number of ether oxygens (including phenoxy) is 1. The van der Waals surface area contributed by atoms with Crippen LogP contribution in [0.25, 0.3) is 0 Å². The van der Waals surface area contributed by atoms with Gasteiger partial charge in [-0.25, -0.2) is 0 Å². The number of fused-ring (bicyclic) bond motifs is 1. The van der Waals surface area contributed by atoms with Crippen LogP contribution in [0.5, 0.6) is 5.75 Å². The van der Waals surface area contributed by atoms with E-state index in [0.29, 0.717) is 35.2 Å². The molecule has 1 aliphatic carbocycles. The molecule has 0 spiro atoms. The van der Waals surface area contributed by atoms with Gasteiger partial charge in [0.15, 0.2) is 0 Å². The van der Waals surface area contributed by atoms with Crippen molar-refractivity contribution in [1.29, 1.82) is 0 Å². The quantitative estimate of drug-likeness (QED) is 0.515. The number of rotatable bonds is 8. The Bertz CT molecular complexity index is 1090. The summed E-state index contributed by atoms with van der Waals surface area (Å²) in [5.41, 5.74) is 3.11. The maximum atomic E-state index is 13.1. The van der Waals surface area contributed by atoms with E-state index in [9.17, 15) is 9.59 Å². The summed E-state index contributed by atoms with van der Waals surface area (Å²) in [6, 6.07) is 10.8. The van der Waals surface area contributed by atoms with Crippen LogP contribution in [0, 0.1) is 5.92 Å². The second-order valence-corrected chi connectivity index (χ2v) is 9.39. The Balaban J connectivity index is 1.47. The van der Waals surface area contributed by atoms with Crippen LogP contribution in [-0.2, 0) is 19.4 Å². The molecule has 7 heteroatoms. The zero-order valence-corrected chi connectivity index (χ0v) is 19.1. The molecule has 3 aromatic rings. The Morgan fingerprint density at radius 1 is 1.12 bits per heavy atom. The first-order valence-electron chi connectivity index (χ1n) is 10.9. The average Bonchev–Trinajstić information content (AvgIpc) is 3.38. The van der Waals surface area contributed by atoms with Gasteiger partial charge in [0.05, 0.1) is 12.2 Å². The molecule has 0 saturated carbocycles. The maximum absolute atomic E-state index is 13.1. The Kier molecular flexibility index (Phi) is 6.85. The second-order valence-electron chi connectivity index (χ2n) is 8.29. The predicted molar refractivity (Wildman–Crippen MR) is 126 cm³/mol.